The Balaban J connectivity index is 2.25. The molecule has 0 aliphatic carbocycles. The summed E-state index contributed by atoms with van der Waals surface area (Å²) < 4.78 is 75.8. The molecule has 1 aromatic carbocycles. The molecule has 1 aliphatic heterocycles. The Bertz CT molecular complexity index is 1200. The first-order valence-electron chi connectivity index (χ1n) is 7.93. The minimum absolute atomic E-state index is 0.0405. The van der Waals surface area contributed by atoms with Crippen molar-refractivity contribution in [2.45, 2.75) is 23.4 Å². The second-order valence-electron chi connectivity index (χ2n) is 6.03. The van der Waals surface area contributed by atoms with Gasteiger partial charge in [-0.15, -0.1) is 0 Å². The number of nitrogens with zero attached hydrogens (tertiary/aromatic N) is 4. The summed E-state index contributed by atoms with van der Waals surface area (Å²) in [6.07, 6.45) is 1.72. The molecule has 29 heavy (non-hydrogen) atoms. The molecule has 1 aromatic heterocycles. The van der Waals surface area contributed by atoms with Gasteiger partial charge in [0, 0.05) is 6.54 Å². The summed E-state index contributed by atoms with van der Waals surface area (Å²) in [7, 11) is -5.91. The van der Waals surface area contributed by atoms with E-state index in [0.29, 0.717) is 18.4 Å². The van der Waals surface area contributed by atoms with E-state index in [2.05, 4.69) is 4.98 Å². The van der Waals surface area contributed by atoms with Crippen LogP contribution in [0.2, 0.25) is 5.02 Å². The van der Waals surface area contributed by atoms with Crippen LogP contribution in [0, 0.1) is 28.5 Å². The zero-order valence-corrected chi connectivity index (χ0v) is 15.8. The third kappa shape index (κ3) is 3.37. The van der Waals surface area contributed by atoms with Gasteiger partial charge in [0.2, 0.25) is 0 Å². The lowest BCUT2D eigenvalue weighted by Crippen LogP contribution is -2.28. The third-order valence-electron chi connectivity index (χ3n) is 4.30. The highest BCUT2D eigenvalue weighted by Gasteiger charge is 2.49. The van der Waals surface area contributed by atoms with Gasteiger partial charge in [0.25, 0.3) is 9.84 Å². The predicted octanol–water partition coefficient (Wildman–Crippen LogP) is 4.00. The summed E-state index contributed by atoms with van der Waals surface area (Å²) in [4.78, 5) is 4.77. The molecule has 0 N–H and O–H groups in total. The zero-order chi connectivity index (χ0) is 21.6. The van der Waals surface area contributed by atoms with Crippen LogP contribution in [0.15, 0.2) is 23.4 Å². The molecule has 0 spiro atoms. The van der Waals surface area contributed by atoms with Gasteiger partial charge in [0.1, 0.15) is 23.5 Å². The van der Waals surface area contributed by atoms with Crippen molar-refractivity contribution in [1.82, 2.24) is 4.98 Å². The molecule has 0 fully saturated rings. The quantitative estimate of drug-likeness (QED) is 0.649. The number of pyridine rings is 1. The molecule has 12 heteroatoms. The third-order valence-corrected chi connectivity index (χ3v) is 6.11. The Kier molecular flexibility index (Phi) is 5.15. The highest BCUT2D eigenvalue weighted by Crippen LogP contribution is 2.42. The maximum absolute atomic E-state index is 13.7. The second-order valence-corrected chi connectivity index (χ2v) is 8.26. The summed E-state index contributed by atoms with van der Waals surface area (Å²) in [5.41, 5.74) is -5.99. The molecule has 0 unspecified atom stereocenters. The van der Waals surface area contributed by atoms with Crippen molar-refractivity contribution in [2.24, 2.45) is 0 Å². The molecule has 0 bridgehead atoms. The highest BCUT2D eigenvalue weighted by atomic mass is 35.5. The van der Waals surface area contributed by atoms with E-state index in [4.69, 9.17) is 11.6 Å². The van der Waals surface area contributed by atoms with Gasteiger partial charge in [-0.1, -0.05) is 11.6 Å². The normalized spacial score (nSPS) is 14.1. The van der Waals surface area contributed by atoms with Gasteiger partial charge >= 0.3 is 5.51 Å². The van der Waals surface area contributed by atoms with E-state index in [9.17, 15) is 36.5 Å². The van der Waals surface area contributed by atoms with Gasteiger partial charge in [-0.25, -0.2) is 17.8 Å². The van der Waals surface area contributed by atoms with Gasteiger partial charge in [-0.3, -0.25) is 0 Å². The molecule has 0 saturated heterocycles. The summed E-state index contributed by atoms with van der Waals surface area (Å²) >= 11 is 6.10. The van der Waals surface area contributed by atoms with E-state index in [0.717, 1.165) is 12.3 Å². The fraction of sp³-hybridized carbons (Fsp3) is 0.235. The van der Waals surface area contributed by atoms with Gasteiger partial charge in [0.05, 0.1) is 28.2 Å². The fourth-order valence-corrected chi connectivity index (χ4v) is 4.26. The van der Waals surface area contributed by atoms with Crippen molar-refractivity contribution >= 4 is 32.8 Å². The van der Waals surface area contributed by atoms with E-state index in [-0.39, 0.29) is 23.5 Å². The van der Waals surface area contributed by atoms with Crippen molar-refractivity contribution < 1.29 is 26.0 Å². The minimum atomic E-state index is -5.91. The summed E-state index contributed by atoms with van der Waals surface area (Å²) in [5.74, 6) is -0.629. The largest absolute Gasteiger partial charge is 0.503 e. The van der Waals surface area contributed by atoms with Crippen molar-refractivity contribution in [3.8, 4) is 12.1 Å². The SMILES string of the molecule is N#Cc1cc(F)cc2c1N(c1cnc(S(=O)(=O)C(F)(F)F)c(C#N)c1Cl)CCC2. The van der Waals surface area contributed by atoms with E-state index in [1.165, 1.54) is 17.0 Å². The van der Waals surface area contributed by atoms with Crippen LogP contribution >= 0.6 is 11.6 Å². The summed E-state index contributed by atoms with van der Waals surface area (Å²) in [6, 6.07) is 5.41. The van der Waals surface area contributed by atoms with Crippen LogP contribution in [-0.4, -0.2) is 25.5 Å². The summed E-state index contributed by atoms with van der Waals surface area (Å²) in [5, 5.41) is 16.5. The molecule has 6 nitrogen and oxygen atoms in total. The van der Waals surface area contributed by atoms with Crippen LogP contribution in [-0.2, 0) is 16.3 Å². The molecule has 0 atom stereocenters. The Hall–Kier alpha value is -2.89. The summed E-state index contributed by atoms with van der Waals surface area (Å²) in [6.45, 7) is 0.241. The molecule has 1 aliphatic rings. The Labute approximate surface area is 167 Å². The number of alkyl halides is 3. The van der Waals surface area contributed by atoms with Crippen molar-refractivity contribution in [2.75, 3.05) is 11.4 Å². The number of hydrogen-bond donors (Lipinski definition) is 0. The van der Waals surface area contributed by atoms with E-state index >= 15 is 0 Å². The van der Waals surface area contributed by atoms with Gasteiger partial charge in [0.15, 0.2) is 5.03 Å². The average molecular weight is 445 g/mol. The molecule has 2 aromatic rings. The van der Waals surface area contributed by atoms with Crippen molar-refractivity contribution in [1.29, 1.82) is 10.5 Å². The number of sulfone groups is 1. The van der Waals surface area contributed by atoms with Crippen molar-refractivity contribution in [3.63, 3.8) is 0 Å². The number of anilines is 2. The molecule has 3 rings (SSSR count). The molecule has 0 saturated carbocycles. The number of rotatable bonds is 2. The van der Waals surface area contributed by atoms with Crippen LogP contribution < -0.4 is 4.90 Å². The zero-order valence-electron chi connectivity index (χ0n) is 14.3. The maximum atomic E-state index is 13.7. The van der Waals surface area contributed by atoms with Gasteiger partial charge in [-0.05, 0) is 30.5 Å². The fourth-order valence-electron chi connectivity index (χ4n) is 3.09. The average Bonchev–Trinajstić information content (AvgIpc) is 2.65. The number of halogens is 5. The molecular weight excluding hydrogens is 436 g/mol. The van der Waals surface area contributed by atoms with E-state index in [1.54, 1.807) is 0 Å². The monoisotopic (exact) mass is 444 g/mol. The first-order chi connectivity index (χ1) is 13.5. The Morgan fingerprint density at radius 2 is 1.90 bits per heavy atom. The predicted molar refractivity (Wildman–Crippen MR) is 93.6 cm³/mol. The lowest BCUT2D eigenvalue weighted by atomic mass is 9.97. The van der Waals surface area contributed by atoms with Crippen LogP contribution in [0.1, 0.15) is 23.1 Å². The number of fused-ring (bicyclic) bond motifs is 1. The van der Waals surface area contributed by atoms with Crippen LogP contribution in [0.5, 0.6) is 0 Å². The van der Waals surface area contributed by atoms with Gasteiger partial charge in [-0.2, -0.15) is 23.7 Å². The topological polar surface area (TPSA) is 97.8 Å². The first kappa shape index (κ1) is 20.8. The van der Waals surface area contributed by atoms with Crippen LogP contribution in [0.3, 0.4) is 0 Å². The lowest BCUT2D eigenvalue weighted by molar-refractivity contribution is -0.0438. The standard InChI is InChI=1S/C17H9ClF4N4O2S/c18-14-12(7-24)16(29(27,28)17(20,21)22)25-8-13(14)26-3-1-2-9-4-11(19)5-10(6-23)15(9)26/h4-5,8H,1-3H2. The van der Waals surface area contributed by atoms with Crippen LogP contribution in [0.25, 0.3) is 0 Å². The molecule has 2 heterocycles. The second kappa shape index (κ2) is 7.17. The van der Waals surface area contributed by atoms with E-state index in [1.807, 2.05) is 6.07 Å². The molecule has 0 radical (unpaired) electrons. The first-order valence-corrected chi connectivity index (χ1v) is 9.79. The van der Waals surface area contributed by atoms with Crippen molar-refractivity contribution in [3.05, 3.63) is 45.9 Å². The molecular formula is C17H9ClF4N4O2S. The number of aromatic nitrogens is 1. The Morgan fingerprint density at radius 3 is 2.48 bits per heavy atom. The van der Waals surface area contributed by atoms with Crippen LogP contribution in [0.4, 0.5) is 28.9 Å². The lowest BCUT2D eigenvalue weighted by Gasteiger charge is -2.32. The number of hydrogen-bond acceptors (Lipinski definition) is 6. The molecule has 150 valence electrons. The number of benzene rings is 1. The maximum Gasteiger partial charge on any atom is 0.503 e. The molecule has 0 amide bonds. The number of aryl methyl sites for hydroxylation is 1. The highest BCUT2D eigenvalue weighted by molar-refractivity contribution is 7.92. The minimum Gasteiger partial charge on any atom is -0.338 e. The van der Waals surface area contributed by atoms with Gasteiger partial charge < -0.3 is 4.90 Å². The Morgan fingerprint density at radius 1 is 1.21 bits per heavy atom. The number of nitriles is 2. The van der Waals surface area contributed by atoms with E-state index < -0.39 is 36.8 Å². The smallest absolute Gasteiger partial charge is 0.338 e.